The molecular weight excluding hydrogens is 489 g/mol. The maximum Gasteiger partial charge on any atom is 2.00 e. The summed E-state index contributed by atoms with van der Waals surface area (Å²) in [7, 11) is 0. The topological polar surface area (TPSA) is 9.23 Å². The first kappa shape index (κ1) is 25.9. The fourth-order valence-corrected chi connectivity index (χ4v) is 4.27. The van der Waals surface area contributed by atoms with E-state index in [1.54, 1.807) is 0 Å². The molecule has 1 atom stereocenters. The molecule has 1 nitrogen and oxygen atoms in total. The van der Waals surface area contributed by atoms with Gasteiger partial charge in [0, 0.05) is 11.5 Å². The summed E-state index contributed by atoms with van der Waals surface area (Å²) < 4.78 is 45.6. The fourth-order valence-electron chi connectivity index (χ4n) is 4.27. The Morgan fingerprint density at radius 2 is 1.31 bits per heavy atom. The summed E-state index contributed by atoms with van der Waals surface area (Å²) in [5.41, 5.74) is -0.0441. The third-order valence-corrected chi connectivity index (χ3v) is 5.97. The van der Waals surface area contributed by atoms with Gasteiger partial charge < -0.3 is 4.74 Å². The maximum atomic E-state index is 13.0. The van der Waals surface area contributed by atoms with Crippen molar-refractivity contribution in [3.05, 3.63) is 147 Å². The summed E-state index contributed by atoms with van der Waals surface area (Å²) in [4.78, 5) is 0. The predicted molar refractivity (Wildman–Crippen MR) is 129 cm³/mol. The van der Waals surface area contributed by atoms with Gasteiger partial charge in [-0.2, -0.15) is 13.2 Å². The van der Waals surface area contributed by atoms with Gasteiger partial charge in [-0.3, -0.25) is 0 Å². The minimum Gasteiger partial charge on any atom is -0.477 e. The first-order valence-corrected chi connectivity index (χ1v) is 10.9. The molecule has 1 unspecified atom stereocenters. The third-order valence-electron chi connectivity index (χ3n) is 5.97. The molecule has 0 bridgehead atoms. The summed E-state index contributed by atoms with van der Waals surface area (Å²) in [6, 6.07) is 17.1. The van der Waals surface area contributed by atoms with E-state index >= 15 is 0 Å². The number of halogens is 3. The molecule has 2 saturated carbocycles. The van der Waals surface area contributed by atoms with Crippen LogP contribution in [0.4, 0.5) is 13.2 Å². The molecule has 6 rings (SSSR count). The van der Waals surface area contributed by atoms with E-state index in [4.69, 9.17) is 4.74 Å². The third kappa shape index (κ3) is 5.32. The average Bonchev–Trinajstić information content (AvgIpc) is 3.61. The molecular formula is C30H21F3FeO+2. The monoisotopic (exact) mass is 510 g/mol. The summed E-state index contributed by atoms with van der Waals surface area (Å²) in [6.45, 7) is 0. The molecule has 1 aliphatic heterocycles. The number of fused-ring (bicyclic) bond motifs is 3. The summed E-state index contributed by atoms with van der Waals surface area (Å²) >= 11 is 0. The van der Waals surface area contributed by atoms with Crippen molar-refractivity contribution in [1.29, 1.82) is 0 Å². The SMILES string of the molecule is FC(F)(F)c1ccc(C2([C]3[CH][CH][CH][CH]3)C=Cc3c(ccc4ccccc34)O2)cc1.[CH]1[CH][CH][CH][CH]1.[Fe+2]. The number of hydrogen-bond acceptors (Lipinski definition) is 1. The van der Waals surface area contributed by atoms with Crippen molar-refractivity contribution in [3.8, 4) is 5.75 Å². The molecule has 2 fully saturated rings. The molecule has 10 radical (unpaired) electrons. The van der Waals surface area contributed by atoms with Crippen LogP contribution in [0.1, 0.15) is 16.7 Å². The molecule has 0 aromatic heterocycles. The molecule has 0 saturated heterocycles. The number of benzene rings is 3. The first-order valence-electron chi connectivity index (χ1n) is 10.9. The smallest absolute Gasteiger partial charge is 0.477 e. The van der Waals surface area contributed by atoms with Crippen LogP contribution in [0.5, 0.6) is 5.75 Å². The van der Waals surface area contributed by atoms with E-state index < -0.39 is 17.3 Å². The molecule has 0 amide bonds. The van der Waals surface area contributed by atoms with Crippen LogP contribution in [0.3, 0.4) is 0 Å². The normalized spacial score (nSPS) is 21.6. The second-order valence-corrected chi connectivity index (χ2v) is 8.08. The second kappa shape index (κ2) is 10.8. The number of ether oxygens (including phenoxy) is 1. The number of rotatable bonds is 2. The standard InChI is InChI=1S/C25H16F3O.C5H5.Fe/c26-25(27,28)20-12-10-19(11-13-20)24(18-6-2-3-7-18)16-15-22-21-8-4-1-5-17(21)9-14-23(22)29-24;1-2-4-5-3-1;/h1-16H;1-5H;/q;;+2. The molecule has 2 aliphatic carbocycles. The Labute approximate surface area is 216 Å². The van der Waals surface area contributed by atoms with E-state index in [9.17, 15) is 13.2 Å². The van der Waals surface area contributed by atoms with Crippen LogP contribution in [0, 0.1) is 63.7 Å². The second-order valence-electron chi connectivity index (χ2n) is 8.08. The van der Waals surface area contributed by atoms with Crippen LogP contribution in [0.15, 0.2) is 66.7 Å². The Bertz CT molecular complexity index is 1150. The summed E-state index contributed by atoms with van der Waals surface area (Å²) in [5, 5.41) is 2.18. The molecule has 174 valence electrons. The Balaban J connectivity index is 0.000000431. The van der Waals surface area contributed by atoms with Gasteiger partial charge in [-0.05, 0) is 98.4 Å². The minimum absolute atomic E-state index is 0. The number of alkyl halides is 3. The predicted octanol–water partition coefficient (Wildman–Crippen LogP) is 7.58. The van der Waals surface area contributed by atoms with Crippen molar-refractivity contribution in [2.75, 3.05) is 0 Å². The van der Waals surface area contributed by atoms with Crippen molar-refractivity contribution >= 4 is 16.8 Å². The van der Waals surface area contributed by atoms with Crippen molar-refractivity contribution < 1.29 is 35.0 Å². The Morgan fingerprint density at radius 1 is 0.686 bits per heavy atom. The fraction of sp³-hybridized carbons (Fsp3) is 0.0667. The van der Waals surface area contributed by atoms with E-state index in [2.05, 4.69) is 0 Å². The quantitative estimate of drug-likeness (QED) is 0.323. The number of hydrogen-bond donors (Lipinski definition) is 0. The zero-order valence-corrected chi connectivity index (χ0v) is 19.6. The minimum atomic E-state index is -4.37. The molecule has 0 N–H and O–H groups in total. The van der Waals surface area contributed by atoms with E-state index in [1.165, 1.54) is 12.1 Å². The van der Waals surface area contributed by atoms with Crippen LogP contribution >= 0.6 is 0 Å². The zero-order valence-electron chi connectivity index (χ0n) is 18.5. The van der Waals surface area contributed by atoms with Gasteiger partial charge in [0.15, 0.2) is 5.60 Å². The van der Waals surface area contributed by atoms with Gasteiger partial charge in [-0.25, -0.2) is 0 Å². The van der Waals surface area contributed by atoms with Gasteiger partial charge in [-0.1, -0.05) is 48.5 Å². The van der Waals surface area contributed by atoms with E-state index in [-0.39, 0.29) is 17.1 Å². The van der Waals surface area contributed by atoms with Gasteiger partial charge in [-0.15, -0.1) is 0 Å². The maximum absolute atomic E-state index is 13.0. The Morgan fingerprint density at radius 3 is 1.94 bits per heavy atom. The van der Waals surface area contributed by atoms with E-state index in [1.807, 2.05) is 106 Å². The van der Waals surface area contributed by atoms with Crippen LogP contribution < -0.4 is 4.74 Å². The van der Waals surface area contributed by atoms with Crippen LogP contribution in [0.25, 0.3) is 16.8 Å². The van der Waals surface area contributed by atoms with Gasteiger partial charge >= 0.3 is 23.2 Å². The van der Waals surface area contributed by atoms with Crippen LogP contribution in [0.2, 0.25) is 0 Å². The average molecular weight is 510 g/mol. The van der Waals surface area contributed by atoms with E-state index in [0.29, 0.717) is 11.3 Å². The van der Waals surface area contributed by atoms with Gasteiger partial charge in [0.2, 0.25) is 0 Å². The molecule has 5 heteroatoms. The Kier molecular flexibility index (Phi) is 7.98. The van der Waals surface area contributed by atoms with Crippen molar-refractivity contribution in [1.82, 2.24) is 0 Å². The van der Waals surface area contributed by atoms with E-state index in [0.717, 1.165) is 34.4 Å². The van der Waals surface area contributed by atoms with Crippen LogP contribution in [-0.4, -0.2) is 0 Å². The molecule has 35 heavy (non-hydrogen) atoms. The summed E-state index contributed by atoms with van der Waals surface area (Å²) in [6.07, 6.45) is 17.2. The van der Waals surface area contributed by atoms with Crippen molar-refractivity contribution in [2.24, 2.45) is 0 Å². The van der Waals surface area contributed by atoms with Gasteiger partial charge in [0.05, 0.1) is 5.56 Å². The van der Waals surface area contributed by atoms with Crippen LogP contribution in [-0.2, 0) is 28.8 Å². The summed E-state index contributed by atoms with van der Waals surface area (Å²) in [5.74, 6) is 1.57. The first-order chi connectivity index (χ1) is 16.5. The largest absolute Gasteiger partial charge is 2.00 e. The van der Waals surface area contributed by atoms with Gasteiger partial charge in [0.1, 0.15) is 5.75 Å². The molecule has 3 aromatic carbocycles. The molecule has 3 aliphatic rings. The Hall–Kier alpha value is -2.23. The van der Waals surface area contributed by atoms with Crippen molar-refractivity contribution in [2.45, 2.75) is 11.8 Å². The molecule has 3 aromatic rings. The zero-order chi connectivity index (χ0) is 23.6. The van der Waals surface area contributed by atoms with Crippen molar-refractivity contribution in [3.63, 3.8) is 0 Å². The van der Waals surface area contributed by atoms with Gasteiger partial charge in [0.25, 0.3) is 0 Å². The molecule has 0 spiro atoms. The molecule has 1 heterocycles.